The lowest BCUT2D eigenvalue weighted by atomic mass is 10.2. The number of halogens is 1. The molecule has 102 valence electrons. The van der Waals surface area contributed by atoms with E-state index in [2.05, 4.69) is 10.2 Å². The average Bonchev–Trinajstić information content (AvgIpc) is 2.31. The third-order valence-electron chi connectivity index (χ3n) is 2.23. The highest BCUT2D eigenvalue weighted by Gasteiger charge is 2.14. The Morgan fingerprint density at radius 2 is 2.16 bits per heavy atom. The number of allylic oxidation sites excluding steroid dienone is 1. The predicted molar refractivity (Wildman–Crippen MR) is 72.7 cm³/mol. The van der Waals surface area contributed by atoms with Crippen LogP contribution in [0.3, 0.4) is 0 Å². The second-order valence-electron chi connectivity index (χ2n) is 3.79. The molecular formula is C13H15ClN2O3. The molecule has 1 aromatic rings. The molecule has 0 unspecified atom stereocenters. The minimum atomic E-state index is -0.710. The van der Waals surface area contributed by atoms with E-state index in [4.69, 9.17) is 16.3 Å². The number of esters is 1. The van der Waals surface area contributed by atoms with E-state index >= 15 is 0 Å². The number of hydrogen-bond donors (Lipinski definition) is 1. The Labute approximate surface area is 116 Å². The summed E-state index contributed by atoms with van der Waals surface area (Å²) in [7, 11) is 0. The smallest absolute Gasteiger partial charge is 0.362 e. The molecule has 0 spiro atoms. The topological polar surface area (TPSA) is 71.2 Å². The average molecular weight is 283 g/mol. The van der Waals surface area contributed by atoms with Gasteiger partial charge in [-0.3, -0.25) is 0 Å². The third kappa shape index (κ3) is 4.37. The van der Waals surface area contributed by atoms with E-state index in [9.17, 15) is 9.90 Å². The van der Waals surface area contributed by atoms with Crippen molar-refractivity contribution in [2.75, 3.05) is 6.61 Å². The minimum absolute atomic E-state index is 0.200. The maximum absolute atomic E-state index is 11.5. The number of aryl methyl sites for hydroxylation is 1. The van der Waals surface area contributed by atoms with Gasteiger partial charge in [0.15, 0.2) is 0 Å². The van der Waals surface area contributed by atoms with Gasteiger partial charge in [0.1, 0.15) is 5.76 Å². The zero-order valence-corrected chi connectivity index (χ0v) is 11.7. The Balaban J connectivity index is 3.00. The second-order valence-corrected chi connectivity index (χ2v) is 4.22. The number of hydrogen-bond acceptors (Lipinski definition) is 5. The molecule has 1 rings (SSSR count). The van der Waals surface area contributed by atoms with Crippen molar-refractivity contribution in [1.29, 1.82) is 0 Å². The summed E-state index contributed by atoms with van der Waals surface area (Å²) in [5.74, 6) is -0.952. The van der Waals surface area contributed by atoms with Crippen molar-refractivity contribution in [3.8, 4) is 0 Å². The van der Waals surface area contributed by atoms with Crippen LogP contribution in [0.25, 0.3) is 0 Å². The van der Waals surface area contributed by atoms with Gasteiger partial charge >= 0.3 is 5.97 Å². The molecule has 19 heavy (non-hydrogen) atoms. The predicted octanol–water partition coefficient (Wildman–Crippen LogP) is 4.08. The van der Waals surface area contributed by atoms with Gasteiger partial charge in [-0.05, 0) is 44.5 Å². The first-order chi connectivity index (χ1) is 8.95. The van der Waals surface area contributed by atoms with E-state index in [-0.39, 0.29) is 18.1 Å². The van der Waals surface area contributed by atoms with Gasteiger partial charge in [-0.1, -0.05) is 11.6 Å². The Morgan fingerprint density at radius 3 is 2.68 bits per heavy atom. The highest BCUT2D eigenvalue weighted by molar-refractivity contribution is 6.30. The third-order valence-corrected chi connectivity index (χ3v) is 2.46. The van der Waals surface area contributed by atoms with Gasteiger partial charge in [0.25, 0.3) is 0 Å². The molecule has 1 N–H and O–H groups in total. The van der Waals surface area contributed by atoms with Crippen LogP contribution < -0.4 is 0 Å². The molecule has 5 nitrogen and oxygen atoms in total. The van der Waals surface area contributed by atoms with Gasteiger partial charge in [0.05, 0.1) is 12.3 Å². The monoisotopic (exact) mass is 282 g/mol. The fourth-order valence-corrected chi connectivity index (χ4v) is 1.52. The van der Waals surface area contributed by atoms with Crippen LogP contribution >= 0.6 is 11.6 Å². The zero-order chi connectivity index (χ0) is 14.4. The molecule has 0 aliphatic carbocycles. The zero-order valence-electron chi connectivity index (χ0n) is 11.0. The summed E-state index contributed by atoms with van der Waals surface area (Å²) in [6.45, 7) is 5.04. The molecular weight excluding hydrogens is 268 g/mol. The Morgan fingerprint density at radius 1 is 1.47 bits per heavy atom. The number of aliphatic hydroxyl groups is 1. The number of carbonyl (C=O) groups is 1. The van der Waals surface area contributed by atoms with E-state index in [1.807, 2.05) is 6.92 Å². The van der Waals surface area contributed by atoms with Gasteiger partial charge in [-0.25, -0.2) is 4.79 Å². The van der Waals surface area contributed by atoms with Crippen molar-refractivity contribution in [2.45, 2.75) is 20.8 Å². The first kappa shape index (κ1) is 15.2. The number of carbonyl (C=O) groups excluding carboxylic acids is 1. The van der Waals surface area contributed by atoms with Gasteiger partial charge in [-0.15, -0.1) is 10.2 Å². The number of aliphatic hydroxyl groups excluding tert-OH is 1. The number of azo groups is 1. The van der Waals surface area contributed by atoms with E-state index in [1.54, 1.807) is 25.1 Å². The molecule has 0 saturated carbocycles. The SMILES string of the molecule is CCOC(=O)/C(N=Nc1ccc(Cl)cc1C)=C(\C)O. The van der Waals surface area contributed by atoms with Gasteiger partial charge in [0, 0.05) is 5.02 Å². The van der Waals surface area contributed by atoms with Crippen LogP contribution in [0.5, 0.6) is 0 Å². The van der Waals surface area contributed by atoms with Crippen LogP contribution in [-0.2, 0) is 9.53 Å². The summed E-state index contributed by atoms with van der Waals surface area (Å²) in [6, 6.07) is 5.08. The van der Waals surface area contributed by atoms with Crippen molar-refractivity contribution in [2.24, 2.45) is 10.2 Å². The summed E-state index contributed by atoms with van der Waals surface area (Å²) in [5.41, 5.74) is 1.17. The fourth-order valence-electron chi connectivity index (χ4n) is 1.30. The van der Waals surface area contributed by atoms with Crippen LogP contribution in [-0.4, -0.2) is 17.7 Å². The van der Waals surface area contributed by atoms with Crippen LogP contribution in [0.15, 0.2) is 39.9 Å². The molecule has 1 aromatic carbocycles. The number of nitrogens with zero attached hydrogens (tertiary/aromatic N) is 2. The first-order valence-electron chi connectivity index (χ1n) is 5.70. The molecule has 0 bridgehead atoms. The molecule has 0 saturated heterocycles. The molecule has 0 amide bonds. The molecule has 0 aromatic heterocycles. The standard InChI is InChI=1S/C13H15ClN2O3/c1-4-19-13(18)12(9(3)17)16-15-11-6-5-10(14)7-8(11)2/h5-7,17H,4H2,1-3H3/b12-9-,16-15?. The van der Waals surface area contributed by atoms with Gasteiger partial charge < -0.3 is 9.84 Å². The van der Waals surface area contributed by atoms with Crippen LogP contribution in [0, 0.1) is 6.92 Å². The largest absolute Gasteiger partial charge is 0.510 e. The van der Waals surface area contributed by atoms with Crippen LogP contribution in [0.2, 0.25) is 5.02 Å². The Bertz CT molecular complexity index is 535. The molecule has 0 atom stereocenters. The van der Waals surface area contributed by atoms with Crippen molar-refractivity contribution in [1.82, 2.24) is 0 Å². The lowest BCUT2D eigenvalue weighted by Crippen LogP contribution is -2.07. The van der Waals surface area contributed by atoms with E-state index in [0.717, 1.165) is 5.56 Å². The molecule has 0 radical (unpaired) electrons. The summed E-state index contributed by atoms with van der Waals surface area (Å²) in [4.78, 5) is 11.5. The van der Waals surface area contributed by atoms with Crippen LogP contribution in [0.1, 0.15) is 19.4 Å². The Hall–Kier alpha value is -1.88. The highest BCUT2D eigenvalue weighted by Crippen LogP contribution is 2.23. The summed E-state index contributed by atoms with van der Waals surface area (Å²) >= 11 is 5.83. The lowest BCUT2D eigenvalue weighted by Gasteiger charge is -2.03. The van der Waals surface area contributed by atoms with Crippen molar-refractivity contribution < 1.29 is 14.6 Å². The number of rotatable bonds is 4. The molecule has 0 aliphatic heterocycles. The summed E-state index contributed by atoms with van der Waals surface area (Å²) in [5, 5.41) is 17.7. The summed E-state index contributed by atoms with van der Waals surface area (Å²) < 4.78 is 4.77. The normalized spacial score (nSPS) is 12.4. The van der Waals surface area contributed by atoms with E-state index in [1.165, 1.54) is 6.92 Å². The molecule has 0 aliphatic rings. The van der Waals surface area contributed by atoms with Gasteiger partial charge in [0.2, 0.25) is 5.70 Å². The van der Waals surface area contributed by atoms with Crippen molar-refractivity contribution in [3.05, 3.63) is 40.2 Å². The van der Waals surface area contributed by atoms with Crippen molar-refractivity contribution in [3.63, 3.8) is 0 Å². The maximum Gasteiger partial charge on any atom is 0.362 e. The molecule has 0 heterocycles. The highest BCUT2D eigenvalue weighted by atomic mass is 35.5. The van der Waals surface area contributed by atoms with Crippen LogP contribution in [0.4, 0.5) is 5.69 Å². The summed E-state index contributed by atoms with van der Waals surface area (Å²) in [6.07, 6.45) is 0. The maximum atomic E-state index is 11.5. The fraction of sp³-hybridized carbons (Fsp3) is 0.308. The minimum Gasteiger partial charge on any atom is -0.510 e. The first-order valence-corrected chi connectivity index (χ1v) is 6.08. The van der Waals surface area contributed by atoms with Crippen molar-refractivity contribution >= 4 is 23.3 Å². The quantitative estimate of drug-likeness (QED) is 0.391. The number of ether oxygens (including phenoxy) is 1. The van der Waals surface area contributed by atoms with E-state index < -0.39 is 5.97 Å². The lowest BCUT2D eigenvalue weighted by molar-refractivity contribution is -0.138. The second kappa shape index (κ2) is 6.89. The number of benzene rings is 1. The van der Waals surface area contributed by atoms with Gasteiger partial charge in [-0.2, -0.15) is 0 Å². The molecule has 0 fully saturated rings. The van der Waals surface area contributed by atoms with E-state index in [0.29, 0.717) is 10.7 Å². The molecule has 6 heteroatoms. The Kier molecular flexibility index (Phi) is 5.51.